The summed E-state index contributed by atoms with van der Waals surface area (Å²) in [6, 6.07) is -0.339. The van der Waals surface area contributed by atoms with Crippen LogP contribution in [0.2, 0.25) is 0 Å². The van der Waals surface area contributed by atoms with E-state index >= 15 is 0 Å². The maximum atomic E-state index is 11.3. The van der Waals surface area contributed by atoms with Gasteiger partial charge >= 0.3 is 6.03 Å². The fraction of sp³-hybridized carbons (Fsp3) is 0.889. The topological polar surface area (TPSA) is 52.8 Å². The second-order valence-corrected chi connectivity index (χ2v) is 3.95. The fourth-order valence-electron chi connectivity index (χ4n) is 2.24. The van der Waals surface area contributed by atoms with Crippen LogP contribution in [0.15, 0.2) is 0 Å². The van der Waals surface area contributed by atoms with E-state index in [4.69, 9.17) is 5.73 Å². The largest absolute Gasteiger partial charge is 0.349 e. The molecule has 0 radical (unpaired) electrons. The third kappa shape index (κ3) is 1.83. The van der Waals surface area contributed by atoms with Crippen LogP contribution in [-0.4, -0.2) is 47.3 Å². The summed E-state index contributed by atoms with van der Waals surface area (Å²) in [5.74, 6) is 0. The summed E-state index contributed by atoms with van der Waals surface area (Å²) < 4.78 is 0. The van der Waals surface area contributed by atoms with Gasteiger partial charge in [0.1, 0.15) is 0 Å². The molecule has 2 rings (SSSR count). The highest BCUT2D eigenvalue weighted by Crippen LogP contribution is 2.17. The van der Waals surface area contributed by atoms with Gasteiger partial charge in [0.25, 0.3) is 0 Å². The SMILES string of the molecule is NC(=O)N(N1CCCC1)N1CCCC1. The van der Waals surface area contributed by atoms with E-state index in [0.29, 0.717) is 0 Å². The minimum absolute atomic E-state index is 0.339. The first-order valence-electron chi connectivity index (χ1n) is 5.38. The van der Waals surface area contributed by atoms with Crippen molar-refractivity contribution in [2.45, 2.75) is 25.7 Å². The molecule has 14 heavy (non-hydrogen) atoms. The predicted molar refractivity (Wildman–Crippen MR) is 53.0 cm³/mol. The quantitative estimate of drug-likeness (QED) is 0.698. The zero-order valence-electron chi connectivity index (χ0n) is 8.48. The molecule has 0 aromatic heterocycles. The minimum Gasteiger partial charge on any atom is -0.349 e. The molecule has 0 aromatic rings. The van der Waals surface area contributed by atoms with Gasteiger partial charge in [-0.25, -0.2) is 14.8 Å². The zero-order valence-corrected chi connectivity index (χ0v) is 8.48. The van der Waals surface area contributed by atoms with Crippen molar-refractivity contribution in [1.29, 1.82) is 0 Å². The van der Waals surface area contributed by atoms with Crippen molar-refractivity contribution >= 4 is 6.03 Å². The van der Waals surface area contributed by atoms with Gasteiger partial charge in [-0.3, -0.25) is 0 Å². The Hall–Kier alpha value is -0.810. The lowest BCUT2D eigenvalue weighted by molar-refractivity contribution is -0.116. The number of nitrogens with zero attached hydrogens (tertiary/aromatic N) is 3. The van der Waals surface area contributed by atoms with E-state index in [0.717, 1.165) is 51.9 Å². The summed E-state index contributed by atoms with van der Waals surface area (Å²) in [7, 11) is 0. The van der Waals surface area contributed by atoms with E-state index in [-0.39, 0.29) is 6.03 Å². The van der Waals surface area contributed by atoms with E-state index in [1.807, 2.05) is 0 Å². The number of primary amides is 1. The lowest BCUT2D eigenvalue weighted by Crippen LogP contribution is -2.56. The number of amides is 2. The molecule has 2 amide bonds. The molecule has 0 atom stereocenters. The Kier molecular flexibility index (Phi) is 2.88. The molecular formula is C9H18N4O. The number of hydrogen-bond donors (Lipinski definition) is 1. The molecule has 0 aromatic carbocycles. The normalized spacial score (nSPS) is 24.3. The third-order valence-electron chi connectivity index (χ3n) is 2.90. The van der Waals surface area contributed by atoms with Crippen molar-refractivity contribution in [1.82, 2.24) is 15.1 Å². The number of hydrogen-bond acceptors (Lipinski definition) is 3. The number of rotatable bonds is 2. The first-order valence-corrected chi connectivity index (χ1v) is 5.38. The fourth-order valence-corrected chi connectivity index (χ4v) is 2.24. The van der Waals surface area contributed by atoms with E-state index < -0.39 is 0 Å². The number of carbonyl (C=O) groups excluding carboxylic acids is 1. The number of urea groups is 1. The average molecular weight is 198 g/mol. The van der Waals surface area contributed by atoms with E-state index in [9.17, 15) is 4.79 Å². The summed E-state index contributed by atoms with van der Waals surface area (Å²) in [6.07, 6.45) is 4.66. The van der Waals surface area contributed by atoms with Crippen LogP contribution in [0.5, 0.6) is 0 Å². The number of hydrazine groups is 2. The van der Waals surface area contributed by atoms with Gasteiger partial charge in [-0.05, 0) is 25.7 Å². The van der Waals surface area contributed by atoms with Gasteiger partial charge in [-0.2, -0.15) is 5.12 Å². The van der Waals surface area contributed by atoms with Crippen LogP contribution in [0.3, 0.4) is 0 Å². The first kappa shape index (κ1) is 9.73. The Morgan fingerprint density at radius 1 is 0.929 bits per heavy atom. The van der Waals surface area contributed by atoms with E-state index in [1.54, 1.807) is 5.12 Å². The first-order chi connectivity index (χ1) is 6.79. The summed E-state index contributed by atoms with van der Waals surface area (Å²) in [5.41, 5.74) is 5.40. The van der Waals surface area contributed by atoms with E-state index in [2.05, 4.69) is 10.0 Å². The van der Waals surface area contributed by atoms with Gasteiger partial charge in [0.2, 0.25) is 0 Å². The Bertz CT molecular complexity index is 193. The maximum Gasteiger partial charge on any atom is 0.344 e. The molecule has 2 saturated heterocycles. The number of carbonyl (C=O) groups is 1. The van der Waals surface area contributed by atoms with Crippen molar-refractivity contribution in [3.8, 4) is 0 Å². The summed E-state index contributed by atoms with van der Waals surface area (Å²) in [4.78, 5) is 11.3. The van der Waals surface area contributed by atoms with Crippen LogP contribution in [0, 0.1) is 0 Å². The van der Waals surface area contributed by atoms with Crippen molar-refractivity contribution in [3.05, 3.63) is 0 Å². The molecule has 0 saturated carbocycles. The van der Waals surface area contributed by atoms with Gasteiger partial charge in [-0.1, -0.05) is 0 Å². The highest BCUT2D eigenvalue weighted by molar-refractivity contribution is 5.70. The van der Waals surface area contributed by atoms with Crippen molar-refractivity contribution in [3.63, 3.8) is 0 Å². The molecule has 2 aliphatic heterocycles. The average Bonchev–Trinajstić information content (AvgIpc) is 2.75. The highest BCUT2D eigenvalue weighted by atomic mass is 16.2. The van der Waals surface area contributed by atoms with Gasteiger partial charge in [-0.15, -0.1) is 0 Å². The molecule has 2 heterocycles. The maximum absolute atomic E-state index is 11.3. The summed E-state index contributed by atoms with van der Waals surface area (Å²) >= 11 is 0. The van der Waals surface area contributed by atoms with Crippen molar-refractivity contribution < 1.29 is 4.79 Å². The van der Waals surface area contributed by atoms with Crippen LogP contribution in [0.25, 0.3) is 0 Å². The Balaban J connectivity index is 2.02. The minimum atomic E-state index is -0.339. The zero-order chi connectivity index (χ0) is 9.97. The molecule has 2 aliphatic rings. The molecule has 5 nitrogen and oxygen atoms in total. The van der Waals surface area contributed by atoms with Crippen LogP contribution in [0.1, 0.15) is 25.7 Å². The monoisotopic (exact) mass is 198 g/mol. The van der Waals surface area contributed by atoms with Crippen molar-refractivity contribution in [2.24, 2.45) is 5.73 Å². The van der Waals surface area contributed by atoms with Crippen LogP contribution in [0.4, 0.5) is 4.79 Å². The second kappa shape index (κ2) is 4.14. The molecule has 0 bridgehead atoms. The highest BCUT2D eigenvalue weighted by Gasteiger charge is 2.29. The van der Waals surface area contributed by atoms with Crippen LogP contribution >= 0.6 is 0 Å². The number of nitrogens with two attached hydrogens (primary N) is 1. The predicted octanol–water partition coefficient (Wildman–Crippen LogP) is 0.389. The summed E-state index contributed by atoms with van der Waals surface area (Å²) in [5, 5.41) is 5.78. The Morgan fingerprint density at radius 3 is 1.57 bits per heavy atom. The second-order valence-electron chi connectivity index (χ2n) is 3.95. The Labute approximate surface area is 84.4 Å². The molecular weight excluding hydrogens is 180 g/mol. The van der Waals surface area contributed by atoms with Gasteiger partial charge in [0, 0.05) is 26.2 Å². The molecule has 0 spiro atoms. The third-order valence-corrected chi connectivity index (χ3v) is 2.90. The van der Waals surface area contributed by atoms with Crippen LogP contribution < -0.4 is 5.73 Å². The lowest BCUT2D eigenvalue weighted by Gasteiger charge is -2.36. The molecule has 2 fully saturated rings. The van der Waals surface area contributed by atoms with Gasteiger partial charge in [0.15, 0.2) is 0 Å². The van der Waals surface area contributed by atoms with Crippen LogP contribution in [-0.2, 0) is 0 Å². The van der Waals surface area contributed by atoms with E-state index in [1.165, 1.54) is 0 Å². The Morgan fingerprint density at radius 2 is 1.29 bits per heavy atom. The van der Waals surface area contributed by atoms with Gasteiger partial charge in [0.05, 0.1) is 0 Å². The summed E-state index contributed by atoms with van der Waals surface area (Å²) in [6.45, 7) is 3.83. The smallest absolute Gasteiger partial charge is 0.344 e. The molecule has 5 heteroatoms. The lowest BCUT2D eigenvalue weighted by atomic mass is 10.4. The molecule has 0 aliphatic carbocycles. The molecule has 80 valence electrons. The standard InChI is InChI=1S/C9H18N4O/c10-9(14)13(11-5-1-2-6-11)12-7-3-4-8-12/h1-8H2,(H2,10,14). The van der Waals surface area contributed by atoms with Gasteiger partial charge < -0.3 is 5.73 Å². The molecule has 0 unspecified atom stereocenters. The molecule has 2 N–H and O–H groups in total. The van der Waals surface area contributed by atoms with Crippen molar-refractivity contribution in [2.75, 3.05) is 26.2 Å².